The summed E-state index contributed by atoms with van der Waals surface area (Å²) in [6.07, 6.45) is 2.96. The molecule has 1 heterocycles. The fourth-order valence-electron chi connectivity index (χ4n) is 2.67. The number of hydrogen-bond acceptors (Lipinski definition) is 6. The number of benzene rings is 2. The van der Waals surface area contributed by atoms with Crippen molar-refractivity contribution in [3.63, 3.8) is 0 Å². The molecule has 1 aromatic heterocycles. The summed E-state index contributed by atoms with van der Waals surface area (Å²) in [5, 5.41) is 5.20. The number of thiazole rings is 1. The summed E-state index contributed by atoms with van der Waals surface area (Å²) < 4.78 is 30.3. The van der Waals surface area contributed by atoms with Gasteiger partial charge in [0.1, 0.15) is 6.54 Å². The zero-order valence-electron chi connectivity index (χ0n) is 16.0. The van der Waals surface area contributed by atoms with E-state index in [0.717, 1.165) is 16.9 Å². The van der Waals surface area contributed by atoms with Gasteiger partial charge in [0.05, 0.1) is 21.7 Å². The average molecular weight is 446 g/mol. The van der Waals surface area contributed by atoms with Crippen LogP contribution >= 0.6 is 11.3 Å². The van der Waals surface area contributed by atoms with E-state index in [4.69, 9.17) is 9.88 Å². The molecule has 0 aliphatic rings. The van der Waals surface area contributed by atoms with Crippen LogP contribution in [0, 0.1) is 0 Å². The summed E-state index contributed by atoms with van der Waals surface area (Å²) in [5.41, 5.74) is 1.38. The van der Waals surface area contributed by atoms with E-state index in [-0.39, 0.29) is 22.8 Å². The SMILES string of the molecule is CCOC(=O)Cn1c(=NC(=O)/C=C/c2ccccc2)sc2cc(S(N)(=O)=O)ccc21. The largest absolute Gasteiger partial charge is 0.465 e. The maximum Gasteiger partial charge on any atom is 0.326 e. The standard InChI is InChI=1S/C20H19N3O5S2/c1-2-28-19(25)13-23-16-10-9-15(30(21,26)27)12-17(16)29-20(23)22-18(24)11-8-14-6-4-3-5-7-14/h3-12H,2,13H2,1H3,(H2,21,26,27)/b11-8+,22-20?. The molecule has 0 aliphatic heterocycles. The van der Waals surface area contributed by atoms with Crippen LogP contribution in [0.2, 0.25) is 0 Å². The highest BCUT2D eigenvalue weighted by Crippen LogP contribution is 2.21. The highest BCUT2D eigenvalue weighted by molar-refractivity contribution is 7.89. The number of nitrogens with zero attached hydrogens (tertiary/aromatic N) is 2. The van der Waals surface area contributed by atoms with E-state index in [9.17, 15) is 18.0 Å². The van der Waals surface area contributed by atoms with Gasteiger partial charge in [-0.3, -0.25) is 9.59 Å². The number of nitrogens with two attached hydrogens (primary N) is 1. The molecule has 3 rings (SSSR count). The van der Waals surface area contributed by atoms with Crippen LogP contribution in [0.15, 0.2) is 64.5 Å². The van der Waals surface area contributed by atoms with E-state index in [1.807, 2.05) is 30.3 Å². The van der Waals surface area contributed by atoms with Crippen LogP contribution in [0.25, 0.3) is 16.3 Å². The third kappa shape index (κ3) is 5.29. The molecule has 10 heteroatoms. The van der Waals surface area contributed by atoms with Gasteiger partial charge in [0.15, 0.2) is 4.80 Å². The molecule has 0 aliphatic carbocycles. The van der Waals surface area contributed by atoms with Crippen LogP contribution in [-0.4, -0.2) is 31.5 Å². The minimum atomic E-state index is -3.89. The number of hydrogen-bond donors (Lipinski definition) is 1. The molecule has 0 unspecified atom stereocenters. The normalized spacial score (nSPS) is 12.5. The maximum atomic E-state index is 12.4. The van der Waals surface area contributed by atoms with Crippen molar-refractivity contribution in [1.29, 1.82) is 0 Å². The Hall–Kier alpha value is -3.08. The number of ether oxygens (including phenoxy) is 1. The van der Waals surface area contributed by atoms with Crippen molar-refractivity contribution in [1.82, 2.24) is 4.57 Å². The number of fused-ring (bicyclic) bond motifs is 1. The molecular weight excluding hydrogens is 426 g/mol. The number of sulfonamides is 1. The second-order valence-electron chi connectivity index (χ2n) is 6.14. The lowest BCUT2D eigenvalue weighted by Crippen LogP contribution is -2.22. The first-order valence-corrected chi connectivity index (χ1v) is 11.3. The number of esters is 1. The van der Waals surface area contributed by atoms with Crippen molar-refractivity contribution < 1.29 is 22.7 Å². The molecule has 0 spiro atoms. The predicted molar refractivity (Wildman–Crippen MR) is 114 cm³/mol. The third-order valence-corrected chi connectivity index (χ3v) is 5.95. The fourth-order valence-corrected chi connectivity index (χ4v) is 4.36. The van der Waals surface area contributed by atoms with E-state index in [1.54, 1.807) is 13.0 Å². The lowest BCUT2D eigenvalue weighted by molar-refractivity contribution is -0.143. The number of carbonyl (C=O) groups excluding carboxylic acids is 2. The van der Waals surface area contributed by atoms with Gasteiger partial charge < -0.3 is 9.30 Å². The van der Waals surface area contributed by atoms with Gasteiger partial charge in [0.2, 0.25) is 10.0 Å². The minimum Gasteiger partial charge on any atom is -0.465 e. The zero-order chi connectivity index (χ0) is 21.7. The molecule has 0 bridgehead atoms. The lowest BCUT2D eigenvalue weighted by Gasteiger charge is -2.05. The third-order valence-electron chi connectivity index (χ3n) is 4.00. The van der Waals surface area contributed by atoms with Gasteiger partial charge in [-0.05, 0) is 36.8 Å². The van der Waals surface area contributed by atoms with Gasteiger partial charge in [-0.2, -0.15) is 4.99 Å². The molecular formula is C20H19N3O5S2. The number of amides is 1. The van der Waals surface area contributed by atoms with Gasteiger partial charge in [-0.25, -0.2) is 13.6 Å². The van der Waals surface area contributed by atoms with Gasteiger partial charge in [0.25, 0.3) is 5.91 Å². The molecule has 2 aromatic carbocycles. The van der Waals surface area contributed by atoms with Crippen molar-refractivity contribution in [2.45, 2.75) is 18.4 Å². The van der Waals surface area contributed by atoms with E-state index in [0.29, 0.717) is 10.2 Å². The van der Waals surface area contributed by atoms with Crippen molar-refractivity contribution in [2.24, 2.45) is 10.1 Å². The molecule has 1 amide bonds. The summed E-state index contributed by atoms with van der Waals surface area (Å²) in [5.74, 6) is -1.02. The minimum absolute atomic E-state index is 0.0682. The average Bonchev–Trinajstić information content (AvgIpc) is 3.03. The summed E-state index contributed by atoms with van der Waals surface area (Å²) in [7, 11) is -3.89. The van der Waals surface area contributed by atoms with Crippen molar-refractivity contribution in [3.8, 4) is 0 Å². The molecule has 0 saturated heterocycles. The molecule has 0 atom stereocenters. The Morgan fingerprint density at radius 1 is 1.20 bits per heavy atom. The van der Waals surface area contributed by atoms with Crippen LogP contribution in [0.1, 0.15) is 12.5 Å². The number of carbonyl (C=O) groups is 2. The Morgan fingerprint density at radius 3 is 2.60 bits per heavy atom. The lowest BCUT2D eigenvalue weighted by atomic mass is 10.2. The van der Waals surface area contributed by atoms with Crippen LogP contribution in [-0.2, 0) is 30.9 Å². The van der Waals surface area contributed by atoms with Crippen LogP contribution < -0.4 is 9.94 Å². The quantitative estimate of drug-likeness (QED) is 0.460. The van der Waals surface area contributed by atoms with Gasteiger partial charge in [0, 0.05) is 6.08 Å². The zero-order valence-corrected chi connectivity index (χ0v) is 17.7. The van der Waals surface area contributed by atoms with Crippen LogP contribution in [0.3, 0.4) is 0 Å². The first-order chi connectivity index (χ1) is 14.3. The molecule has 30 heavy (non-hydrogen) atoms. The Labute approximate surface area is 177 Å². The molecule has 3 aromatic rings. The second kappa shape index (κ2) is 9.16. The smallest absolute Gasteiger partial charge is 0.326 e. The highest BCUT2D eigenvalue weighted by Gasteiger charge is 2.15. The van der Waals surface area contributed by atoms with E-state index < -0.39 is 21.9 Å². The molecule has 0 saturated carbocycles. The van der Waals surface area contributed by atoms with Crippen molar-refractivity contribution in [3.05, 3.63) is 65.0 Å². The monoisotopic (exact) mass is 445 g/mol. The molecule has 0 fully saturated rings. The van der Waals surface area contributed by atoms with E-state index in [2.05, 4.69) is 4.99 Å². The Morgan fingerprint density at radius 2 is 1.93 bits per heavy atom. The Bertz CT molecular complexity index is 1290. The number of primary sulfonamides is 1. The highest BCUT2D eigenvalue weighted by atomic mass is 32.2. The molecule has 0 radical (unpaired) electrons. The molecule has 156 valence electrons. The Balaban J connectivity index is 2.06. The van der Waals surface area contributed by atoms with Gasteiger partial charge in [-0.15, -0.1) is 0 Å². The summed E-state index contributed by atoms with van der Waals surface area (Å²) in [6, 6.07) is 13.5. The maximum absolute atomic E-state index is 12.4. The number of aromatic nitrogens is 1. The van der Waals surface area contributed by atoms with E-state index in [1.165, 1.54) is 28.8 Å². The van der Waals surface area contributed by atoms with Gasteiger partial charge in [-0.1, -0.05) is 41.7 Å². The first kappa shape index (κ1) is 21.6. The predicted octanol–water partition coefficient (Wildman–Crippen LogP) is 2.05. The number of rotatable bonds is 6. The van der Waals surface area contributed by atoms with Crippen LogP contribution in [0.4, 0.5) is 0 Å². The first-order valence-electron chi connectivity index (χ1n) is 8.91. The summed E-state index contributed by atoms with van der Waals surface area (Å²) in [6.45, 7) is 1.73. The van der Waals surface area contributed by atoms with Crippen molar-refractivity contribution in [2.75, 3.05) is 6.61 Å². The van der Waals surface area contributed by atoms with Gasteiger partial charge >= 0.3 is 5.97 Å². The van der Waals surface area contributed by atoms with E-state index >= 15 is 0 Å². The van der Waals surface area contributed by atoms with Crippen LogP contribution in [0.5, 0.6) is 0 Å². The summed E-state index contributed by atoms with van der Waals surface area (Å²) >= 11 is 1.08. The fraction of sp³-hybridized carbons (Fsp3) is 0.150. The summed E-state index contributed by atoms with van der Waals surface area (Å²) in [4.78, 5) is 28.7. The topological polar surface area (TPSA) is 121 Å². The second-order valence-corrected chi connectivity index (χ2v) is 8.71. The van der Waals surface area contributed by atoms with Crippen molar-refractivity contribution >= 4 is 49.5 Å². The Kier molecular flexibility index (Phi) is 6.60. The molecule has 2 N–H and O–H groups in total. The molecule has 8 nitrogen and oxygen atoms in total.